The monoisotopic (exact) mass is 555 g/mol. The van der Waals surface area contributed by atoms with Crippen LogP contribution in [0.5, 0.6) is 5.88 Å². The van der Waals surface area contributed by atoms with E-state index in [0.29, 0.717) is 16.1 Å². The van der Waals surface area contributed by atoms with E-state index in [0.717, 1.165) is 23.1 Å². The molecule has 4 rings (SSSR count). The van der Waals surface area contributed by atoms with Crippen LogP contribution in [0.2, 0.25) is 0 Å². The first-order valence-electron chi connectivity index (χ1n) is 11.7. The van der Waals surface area contributed by atoms with Crippen molar-refractivity contribution in [3.8, 4) is 16.3 Å². The minimum absolute atomic E-state index is 0.0691. The highest BCUT2D eigenvalue weighted by molar-refractivity contribution is 7.15. The molecule has 0 bridgehead atoms. The normalized spacial score (nSPS) is 19.3. The van der Waals surface area contributed by atoms with E-state index in [-0.39, 0.29) is 18.2 Å². The average Bonchev–Trinajstić information content (AvgIpc) is 3.22. The summed E-state index contributed by atoms with van der Waals surface area (Å²) in [6, 6.07) is 6.70. The van der Waals surface area contributed by atoms with Crippen molar-refractivity contribution >= 4 is 23.2 Å². The summed E-state index contributed by atoms with van der Waals surface area (Å²) < 4.78 is 73.6. The maximum Gasteiger partial charge on any atom is 0.423 e. The number of nitrogens with zero attached hydrogens (tertiary/aromatic N) is 4. The van der Waals surface area contributed by atoms with Crippen molar-refractivity contribution in [2.75, 3.05) is 25.5 Å². The zero-order chi connectivity index (χ0) is 27.8. The number of hydrogen-bond acceptors (Lipinski definition) is 7. The third-order valence-electron chi connectivity index (χ3n) is 6.39. The second kappa shape index (κ2) is 10.4. The van der Waals surface area contributed by atoms with Gasteiger partial charge in [-0.3, -0.25) is 4.79 Å². The van der Waals surface area contributed by atoms with Crippen molar-refractivity contribution in [2.45, 2.75) is 45.3 Å². The first-order chi connectivity index (χ1) is 17.8. The van der Waals surface area contributed by atoms with Gasteiger partial charge in [-0.05, 0) is 30.9 Å². The van der Waals surface area contributed by atoms with Crippen LogP contribution in [0.3, 0.4) is 0 Å². The smallest absolute Gasteiger partial charge is 0.423 e. The number of aromatic nitrogens is 3. The molecule has 0 spiro atoms. The quantitative estimate of drug-likeness (QED) is 0.385. The number of carbonyl (C=O) groups excluding carboxylic acids is 1. The molecule has 1 aliphatic rings. The van der Waals surface area contributed by atoms with Gasteiger partial charge in [0.1, 0.15) is 11.3 Å². The maximum atomic E-state index is 14.7. The molecular formula is C25H26F5N5O2S. The number of rotatable bonds is 6. The van der Waals surface area contributed by atoms with Gasteiger partial charge >= 0.3 is 6.18 Å². The van der Waals surface area contributed by atoms with E-state index < -0.39 is 54.4 Å². The summed E-state index contributed by atoms with van der Waals surface area (Å²) in [5.74, 6) is -5.26. The molecule has 3 aromatic rings. The number of amides is 1. The van der Waals surface area contributed by atoms with Gasteiger partial charge in [-0.2, -0.15) is 18.2 Å². The number of aryl methyl sites for hydroxylation is 2. The van der Waals surface area contributed by atoms with Crippen molar-refractivity contribution in [3.63, 3.8) is 0 Å². The number of ether oxygens (including phenoxy) is 1. The lowest BCUT2D eigenvalue weighted by atomic mass is 9.88. The number of anilines is 1. The summed E-state index contributed by atoms with van der Waals surface area (Å²) in [4.78, 5) is 27.3. The minimum atomic E-state index is -4.71. The van der Waals surface area contributed by atoms with Crippen LogP contribution in [-0.4, -0.2) is 57.9 Å². The molecule has 0 radical (unpaired) electrons. The molecule has 13 heteroatoms. The van der Waals surface area contributed by atoms with E-state index in [1.807, 2.05) is 31.2 Å². The molecule has 2 atom stereocenters. The third kappa shape index (κ3) is 5.71. The predicted molar refractivity (Wildman–Crippen MR) is 133 cm³/mol. The highest BCUT2D eigenvalue weighted by Crippen LogP contribution is 2.39. The Hall–Kier alpha value is -3.35. The number of alkyl halides is 5. The van der Waals surface area contributed by atoms with E-state index in [1.165, 1.54) is 11.3 Å². The fourth-order valence-electron chi connectivity index (χ4n) is 4.59. The molecule has 1 amide bonds. The lowest BCUT2D eigenvalue weighted by Gasteiger charge is -2.43. The maximum absolute atomic E-state index is 14.7. The third-order valence-corrected chi connectivity index (χ3v) is 7.39. The van der Waals surface area contributed by atoms with E-state index in [1.54, 1.807) is 13.8 Å². The van der Waals surface area contributed by atoms with E-state index in [9.17, 15) is 26.7 Å². The Morgan fingerprint density at radius 1 is 1.24 bits per heavy atom. The van der Waals surface area contributed by atoms with Crippen molar-refractivity contribution in [1.82, 2.24) is 19.9 Å². The van der Waals surface area contributed by atoms with Gasteiger partial charge in [-0.15, -0.1) is 11.3 Å². The molecule has 1 fully saturated rings. The summed E-state index contributed by atoms with van der Waals surface area (Å²) in [6.45, 7) is 4.35. The SMILES string of the molecule is COc1nc(NCC2C(C)CC(F)(F)CN2C(=O)c2nc(C)sc2-c2ccccc2C)ncc1C(F)(F)F. The van der Waals surface area contributed by atoms with Gasteiger partial charge in [0.15, 0.2) is 0 Å². The van der Waals surface area contributed by atoms with Gasteiger partial charge in [-0.1, -0.05) is 31.2 Å². The van der Waals surface area contributed by atoms with Crippen LogP contribution in [0, 0.1) is 19.8 Å². The molecule has 38 heavy (non-hydrogen) atoms. The van der Waals surface area contributed by atoms with Crippen molar-refractivity contribution in [3.05, 3.63) is 52.3 Å². The van der Waals surface area contributed by atoms with E-state index in [2.05, 4.69) is 20.3 Å². The Morgan fingerprint density at radius 3 is 2.61 bits per heavy atom. The number of benzene rings is 1. The molecule has 7 nitrogen and oxygen atoms in total. The number of thiazole rings is 1. The predicted octanol–water partition coefficient (Wildman–Crippen LogP) is 5.84. The zero-order valence-electron chi connectivity index (χ0n) is 21.1. The summed E-state index contributed by atoms with van der Waals surface area (Å²) >= 11 is 1.31. The summed E-state index contributed by atoms with van der Waals surface area (Å²) in [6.07, 6.45) is -4.58. The topological polar surface area (TPSA) is 80.2 Å². The van der Waals surface area contributed by atoms with Gasteiger partial charge < -0.3 is 15.0 Å². The molecule has 0 saturated carbocycles. The number of halogens is 5. The first-order valence-corrected chi connectivity index (χ1v) is 12.6. The van der Waals surface area contributed by atoms with Crippen LogP contribution in [0.1, 0.15) is 40.0 Å². The van der Waals surface area contributed by atoms with Crippen molar-refractivity contribution in [2.24, 2.45) is 5.92 Å². The molecule has 2 unspecified atom stereocenters. The molecule has 1 saturated heterocycles. The van der Waals surface area contributed by atoms with Crippen molar-refractivity contribution in [1.29, 1.82) is 0 Å². The number of carbonyl (C=O) groups is 1. The van der Waals surface area contributed by atoms with Crippen LogP contribution < -0.4 is 10.1 Å². The van der Waals surface area contributed by atoms with Gasteiger partial charge in [0.25, 0.3) is 11.8 Å². The van der Waals surface area contributed by atoms with Crippen LogP contribution in [0.25, 0.3) is 10.4 Å². The van der Waals surface area contributed by atoms with Crippen LogP contribution in [0.4, 0.5) is 27.9 Å². The first kappa shape index (κ1) is 27.7. The Morgan fingerprint density at radius 2 is 1.95 bits per heavy atom. The molecule has 1 aliphatic heterocycles. The Kier molecular flexibility index (Phi) is 7.60. The second-order valence-corrected chi connectivity index (χ2v) is 10.5. The van der Waals surface area contributed by atoms with E-state index in [4.69, 9.17) is 4.74 Å². The number of likely N-dealkylation sites (tertiary alicyclic amines) is 1. The van der Waals surface area contributed by atoms with Crippen LogP contribution in [0.15, 0.2) is 30.5 Å². The molecule has 3 heterocycles. The molecule has 1 aromatic carbocycles. The standard InChI is InChI=1S/C25H26F5N5O2S/c1-13-7-5-6-8-16(13)20-19(33-15(3)38-20)22(36)35-12-24(26,27)9-14(2)18(35)11-32-23-31-10-17(25(28,29)30)21(34-23)37-4/h5-8,10,14,18H,9,11-12H2,1-4H3,(H,31,32,34). The van der Waals surface area contributed by atoms with Crippen LogP contribution in [-0.2, 0) is 6.18 Å². The Bertz CT molecular complexity index is 1330. The van der Waals surface area contributed by atoms with E-state index >= 15 is 0 Å². The summed E-state index contributed by atoms with van der Waals surface area (Å²) in [5, 5.41) is 3.41. The Balaban J connectivity index is 1.64. The fourth-order valence-corrected chi connectivity index (χ4v) is 5.60. The molecule has 204 valence electrons. The summed E-state index contributed by atoms with van der Waals surface area (Å²) in [5.41, 5.74) is 0.646. The Labute approximate surface area is 220 Å². The number of methoxy groups -OCH3 is 1. The van der Waals surface area contributed by atoms with Crippen molar-refractivity contribution < 1.29 is 31.5 Å². The van der Waals surface area contributed by atoms with Crippen LogP contribution >= 0.6 is 11.3 Å². The molecule has 1 N–H and O–H groups in total. The average molecular weight is 556 g/mol. The highest BCUT2D eigenvalue weighted by Gasteiger charge is 2.47. The molecule has 2 aromatic heterocycles. The largest absolute Gasteiger partial charge is 0.480 e. The number of nitrogens with one attached hydrogen (secondary N) is 1. The lowest BCUT2D eigenvalue weighted by Crippen LogP contribution is -2.57. The number of piperidine rings is 1. The lowest BCUT2D eigenvalue weighted by molar-refractivity contribution is -0.139. The second-order valence-electron chi connectivity index (χ2n) is 9.26. The molecule has 0 aliphatic carbocycles. The van der Waals surface area contributed by atoms with Gasteiger partial charge in [0.05, 0.1) is 29.6 Å². The fraction of sp³-hybridized carbons (Fsp3) is 0.440. The summed E-state index contributed by atoms with van der Waals surface area (Å²) in [7, 11) is 1.05. The molecular weight excluding hydrogens is 529 g/mol. The van der Waals surface area contributed by atoms with Gasteiger partial charge in [-0.25, -0.2) is 18.7 Å². The highest BCUT2D eigenvalue weighted by atomic mass is 32.1. The number of hydrogen-bond donors (Lipinski definition) is 1. The zero-order valence-corrected chi connectivity index (χ0v) is 21.9. The minimum Gasteiger partial charge on any atom is -0.480 e. The van der Waals surface area contributed by atoms with Gasteiger partial charge in [0.2, 0.25) is 11.8 Å². The van der Waals surface area contributed by atoms with Gasteiger partial charge in [0, 0.05) is 19.2 Å².